The van der Waals surface area contributed by atoms with Crippen LogP contribution < -0.4 is 19.5 Å². The van der Waals surface area contributed by atoms with Crippen LogP contribution in [0.15, 0.2) is 18.2 Å². The van der Waals surface area contributed by atoms with Gasteiger partial charge in [-0.25, -0.2) is 0 Å². The molecule has 12 heteroatoms. The topological polar surface area (TPSA) is 137 Å². The molecule has 1 heterocycles. The van der Waals surface area contributed by atoms with Gasteiger partial charge in [0.2, 0.25) is 5.78 Å². The fourth-order valence-corrected chi connectivity index (χ4v) is 7.11. The number of ether oxygens (including phenoxy) is 8. The van der Waals surface area contributed by atoms with Crippen LogP contribution in [0.3, 0.4) is 0 Å². The summed E-state index contributed by atoms with van der Waals surface area (Å²) in [6, 6.07) is 4.77. The average Bonchev–Trinajstić information content (AvgIpc) is 3.05. The van der Waals surface area contributed by atoms with Crippen molar-refractivity contribution in [3.63, 3.8) is 0 Å². The first-order chi connectivity index (χ1) is 21.6. The molecule has 0 aromatic heterocycles. The van der Waals surface area contributed by atoms with E-state index in [4.69, 9.17) is 37.9 Å². The van der Waals surface area contributed by atoms with Gasteiger partial charge in [0, 0.05) is 63.3 Å². The molecular formula is C33H41NO11. The van der Waals surface area contributed by atoms with Gasteiger partial charge in [0.15, 0.2) is 17.9 Å². The van der Waals surface area contributed by atoms with E-state index >= 15 is 0 Å². The molecule has 3 aliphatic rings. The van der Waals surface area contributed by atoms with Crippen molar-refractivity contribution >= 4 is 17.3 Å². The summed E-state index contributed by atoms with van der Waals surface area (Å²) in [4.78, 5) is 42.1. The number of rotatable bonds is 11. The lowest BCUT2D eigenvalue weighted by molar-refractivity contribution is -0.253. The van der Waals surface area contributed by atoms with Crippen LogP contribution >= 0.6 is 0 Å². The molecule has 0 bridgehead atoms. The van der Waals surface area contributed by atoms with Gasteiger partial charge in [-0.1, -0.05) is 12.1 Å². The number of carbonyl (C=O) groups excluding carboxylic acids is 3. The first-order valence-electron chi connectivity index (χ1n) is 14.8. The molecule has 1 fully saturated rings. The van der Waals surface area contributed by atoms with Crippen molar-refractivity contribution in [2.45, 2.75) is 62.4 Å². The Bertz CT molecular complexity index is 1490. The molecule has 2 aliphatic carbocycles. The summed E-state index contributed by atoms with van der Waals surface area (Å²) >= 11 is 0. The average molecular weight is 628 g/mol. The summed E-state index contributed by atoms with van der Waals surface area (Å²) in [6.45, 7) is 1.69. The van der Waals surface area contributed by atoms with Crippen molar-refractivity contribution in [2.75, 3.05) is 56.3 Å². The molecule has 5 rings (SSSR count). The van der Waals surface area contributed by atoms with Gasteiger partial charge in [-0.2, -0.15) is 0 Å². The Balaban J connectivity index is 1.74. The van der Waals surface area contributed by atoms with Crippen LogP contribution in [0.4, 0.5) is 0 Å². The normalized spacial score (nSPS) is 27.3. The fraction of sp³-hybridized carbons (Fsp3) is 0.545. The Hall–Kier alpha value is -3.39. The number of benzene rings is 2. The summed E-state index contributed by atoms with van der Waals surface area (Å²) < 4.78 is 47.2. The molecule has 1 N–H and O–H groups in total. The van der Waals surface area contributed by atoms with Gasteiger partial charge in [-0.3, -0.25) is 14.4 Å². The zero-order valence-electron chi connectivity index (χ0n) is 26.9. The van der Waals surface area contributed by atoms with Gasteiger partial charge in [0.05, 0.1) is 56.3 Å². The molecule has 0 radical (unpaired) electrons. The molecular weight excluding hydrogens is 586 g/mol. The molecule has 0 spiro atoms. The molecule has 2 aromatic carbocycles. The van der Waals surface area contributed by atoms with Crippen molar-refractivity contribution < 1.29 is 52.3 Å². The highest BCUT2D eigenvalue weighted by Crippen LogP contribution is 2.53. The monoisotopic (exact) mass is 627 g/mol. The summed E-state index contributed by atoms with van der Waals surface area (Å²) in [5, 5.41) is 3.28. The zero-order valence-corrected chi connectivity index (χ0v) is 26.9. The van der Waals surface area contributed by atoms with Crippen LogP contribution in [-0.4, -0.2) is 104 Å². The van der Waals surface area contributed by atoms with Gasteiger partial charge >= 0.3 is 0 Å². The number of Topliss-reactive ketones (excluding diaryl/α,β-unsaturated/α-hetero) is 1. The standard InChI is InChI=1S/C33H41NO11/c1-16-30(40-5)19(34-2)12-23(44-16)45-21-14-33(43-8,22(35)15-38-3)13-18-25(21)32(42-7)27-26(31(18)41-6)28(36)17-10-9-11-20(39-4)24(17)29(27)37/h9-11,16,19,21,23,30,34H,12-15H2,1-8H3/t16-,19-,21-,23-,30-,33-/m1/s1. The van der Waals surface area contributed by atoms with Crippen molar-refractivity contribution in [3.8, 4) is 17.2 Å². The molecule has 1 saturated heterocycles. The smallest absolute Gasteiger partial charge is 0.202 e. The molecule has 12 nitrogen and oxygen atoms in total. The SMILES string of the molecule is CN[C@@H]1C[C@@H](O[C@@H]2C[C@@](OC)(C(=O)COC)Cc3c(OC)c4c(c(OC)c32)C(=O)c2c(OC)cccc2C4=O)O[C@H](C)[C@H]1OC. The van der Waals surface area contributed by atoms with E-state index in [1.807, 2.05) is 14.0 Å². The second-order valence-corrected chi connectivity index (χ2v) is 11.4. The minimum absolute atomic E-state index is 0.0208. The highest BCUT2D eigenvalue weighted by molar-refractivity contribution is 6.31. The van der Waals surface area contributed by atoms with E-state index in [2.05, 4.69) is 5.32 Å². The second-order valence-electron chi connectivity index (χ2n) is 11.4. The lowest BCUT2D eigenvalue weighted by Gasteiger charge is -2.45. The van der Waals surface area contributed by atoms with Crippen LogP contribution in [0.25, 0.3) is 0 Å². The van der Waals surface area contributed by atoms with Crippen molar-refractivity contribution in [3.05, 3.63) is 51.6 Å². The van der Waals surface area contributed by atoms with Crippen LogP contribution in [0.1, 0.15) is 68.8 Å². The molecule has 244 valence electrons. The van der Waals surface area contributed by atoms with Crippen LogP contribution in [-0.2, 0) is 34.9 Å². The number of ketones is 3. The Labute approximate surface area is 262 Å². The number of nitrogens with one attached hydrogen (secondary N) is 1. The highest BCUT2D eigenvalue weighted by atomic mass is 16.7. The van der Waals surface area contributed by atoms with Gasteiger partial charge in [-0.15, -0.1) is 0 Å². The minimum Gasteiger partial charge on any atom is -0.496 e. The van der Waals surface area contributed by atoms with Crippen LogP contribution in [0.5, 0.6) is 17.2 Å². The third-order valence-corrected chi connectivity index (χ3v) is 9.23. The van der Waals surface area contributed by atoms with E-state index in [-0.39, 0.29) is 83.0 Å². The van der Waals surface area contributed by atoms with Gasteiger partial charge in [0.1, 0.15) is 29.5 Å². The van der Waals surface area contributed by atoms with E-state index < -0.39 is 29.6 Å². The van der Waals surface area contributed by atoms with Crippen molar-refractivity contribution in [1.82, 2.24) is 5.32 Å². The third-order valence-electron chi connectivity index (χ3n) is 9.23. The van der Waals surface area contributed by atoms with E-state index in [1.54, 1.807) is 25.3 Å². The fourth-order valence-electron chi connectivity index (χ4n) is 7.11. The predicted molar refractivity (Wildman–Crippen MR) is 161 cm³/mol. The maximum absolute atomic E-state index is 14.3. The van der Waals surface area contributed by atoms with Gasteiger partial charge in [-0.05, 0) is 20.0 Å². The van der Waals surface area contributed by atoms with Crippen molar-refractivity contribution in [1.29, 1.82) is 0 Å². The quantitative estimate of drug-likeness (QED) is 0.335. The number of fused-ring (bicyclic) bond motifs is 3. The Morgan fingerprint density at radius 3 is 2.29 bits per heavy atom. The third kappa shape index (κ3) is 5.33. The highest BCUT2D eigenvalue weighted by Gasteiger charge is 2.52. The van der Waals surface area contributed by atoms with Crippen LogP contribution in [0.2, 0.25) is 0 Å². The van der Waals surface area contributed by atoms with E-state index in [9.17, 15) is 14.4 Å². The molecule has 2 aromatic rings. The Kier molecular flexibility index (Phi) is 9.64. The minimum atomic E-state index is -1.40. The summed E-state index contributed by atoms with van der Waals surface area (Å²) in [5.41, 5.74) is -0.0460. The summed E-state index contributed by atoms with van der Waals surface area (Å²) in [6.07, 6.45) is -1.62. The maximum atomic E-state index is 14.3. The first kappa shape index (κ1) is 33.0. The number of hydrogen-bond donors (Lipinski definition) is 1. The van der Waals surface area contributed by atoms with E-state index in [0.29, 0.717) is 17.5 Å². The molecule has 45 heavy (non-hydrogen) atoms. The van der Waals surface area contributed by atoms with E-state index in [1.165, 1.54) is 35.5 Å². The molecule has 1 aliphatic heterocycles. The lowest BCUT2D eigenvalue weighted by Crippen LogP contribution is -2.54. The first-order valence-corrected chi connectivity index (χ1v) is 14.8. The predicted octanol–water partition coefficient (Wildman–Crippen LogP) is 2.83. The van der Waals surface area contributed by atoms with E-state index in [0.717, 1.165) is 0 Å². The maximum Gasteiger partial charge on any atom is 0.202 e. The molecule has 0 saturated carbocycles. The summed E-state index contributed by atoms with van der Waals surface area (Å²) in [5.74, 6) is -0.618. The Morgan fingerprint density at radius 2 is 1.69 bits per heavy atom. The largest absolute Gasteiger partial charge is 0.496 e. The Morgan fingerprint density at radius 1 is 0.978 bits per heavy atom. The lowest BCUT2D eigenvalue weighted by atomic mass is 9.71. The number of carbonyl (C=O) groups is 3. The molecule has 0 amide bonds. The zero-order chi connectivity index (χ0) is 32.6. The van der Waals surface area contributed by atoms with Crippen molar-refractivity contribution in [2.24, 2.45) is 0 Å². The number of methoxy groups -OCH3 is 6. The number of hydrogen-bond acceptors (Lipinski definition) is 12. The summed E-state index contributed by atoms with van der Waals surface area (Å²) in [7, 11) is 10.7. The van der Waals surface area contributed by atoms with Gasteiger partial charge in [0.25, 0.3) is 0 Å². The molecule has 0 unspecified atom stereocenters. The van der Waals surface area contributed by atoms with Gasteiger partial charge < -0.3 is 43.2 Å². The van der Waals surface area contributed by atoms with Crippen LogP contribution in [0, 0.1) is 0 Å². The second kappa shape index (κ2) is 13.1. The number of likely N-dealkylation sites (N-methyl/N-ethyl adjacent to an activating group) is 1. The molecule has 6 atom stereocenters.